The molecule has 0 fully saturated rings. The van der Waals surface area contributed by atoms with Crippen molar-refractivity contribution in [1.29, 1.82) is 0 Å². The molecule has 5 nitrogen and oxygen atoms in total. The first-order chi connectivity index (χ1) is 9.26. The lowest BCUT2D eigenvalue weighted by molar-refractivity contribution is 0.139. The lowest BCUT2D eigenvalue weighted by atomic mass is 10.2. The Balaban J connectivity index is 2.29. The maximum absolute atomic E-state index is 11.3. The molecule has 6 heteroatoms. The van der Waals surface area contributed by atoms with E-state index < -0.39 is 21.2 Å². The van der Waals surface area contributed by atoms with Crippen LogP contribution in [0.4, 0.5) is 10.5 Å². The predicted molar refractivity (Wildman–Crippen MR) is 82.7 cm³/mol. The summed E-state index contributed by atoms with van der Waals surface area (Å²) in [6.45, 7) is 2.97. The van der Waals surface area contributed by atoms with E-state index in [4.69, 9.17) is 4.74 Å². The van der Waals surface area contributed by atoms with Crippen molar-refractivity contribution in [3.8, 4) is 0 Å². The SMILES string of the molecule is CCCCNC(=O)OCc1ccc(NCI=O)cc1. The largest absolute Gasteiger partial charge is 0.445 e. The Labute approximate surface area is 123 Å². The van der Waals surface area contributed by atoms with E-state index in [0.29, 0.717) is 11.1 Å². The molecular formula is C13H19IN2O3. The molecule has 0 saturated heterocycles. The van der Waals surface area contributed by atoms with Gasteiger partial charge in [-0.25, -0.2) is 4.79 Å². The van der Waals surface area contributed by atoms with Gasteiger partial charge >= 0.3 is 6.09 Å². The van der Waals surface area contributed by atoms with Gasteiger partial charge in [-0.1, -0.05) is 25.5 Å². The summed E-state index contributed by atoms with van der Waals surface area (Å²) in [5.74, 6) is 0. The molecule has 0 aliphatic heterocycles. The first-order valence-corrected chi connectivity index (χ1v) is 8.61. The topological polar surface area (TPSA) is 67.4 Å². The Morgan fingerprint density at radius 1 is 1.32 bits per heavy atom. The normalized spacial score (nSPS) is 9.95. The quantitative estimate of drug-likeness (QED) is 0.315. The molecule has 0 radical (unpaired) electrons. The highest BCUT2D eigenvalue weighted by molar-refractivity contribution is 14.1. The lowest BCUT2D eigenvalue weighted by Crippen LogP contribution is -2.25. The number of anilines is 1. The van der Waals surface area contributed by atoms with Crippen molar-refractivity contribution in [1.82, 2.24) is 5.32 Å². The predicted octanol–water partition coefficient (Wildman–Crippen LogP) is 3.40. The molecule has 0 aliphatic carbocycles. The summed E-state index contributed by atoms with van der Waals surface area (Å²) in [6, 6.07) is 7.52. The molecule has 1 aromatic carbocycles. The number of carbonyl (C=O) groups is 1. The van der Waals surface area contributed by atoms with Crippen LogP contribution in [0.15, 0.2) is 24.3 Å². The van der Waals surface area contributed by atoms with Crippen molar-refractivity contribution in [2.75, 3.05) is 16.4 Å². The van der Waals surface area contributed by atoms with E-state index in [-0.39, 0.29) is 12.7 Å². The fourth-order valence-electron chi connectivity index (χ4n) is 1.39. The minimum atomic E-state index is -0.989. The molecule has 2 N–H and O–H groups in total. The molecule has 0 spiro atoms. The number of rotatable bonds is 8. The zero-order chi connectivity index (χ0) is 13.9. The average molecular weight is 378 g/mol. The van der Waals surface area contributed by atoms with Crippen molar-refractivity contribution < 1.29 is 12.6 Å². The highest BCUT2D eigenvalue weighted by Gasteiger charge is 2.01. The maximum atomic E-state index is 11.3. The second-order valence-corrected chi connectivity index (χ2v) is 5.36. The third-order valence-corrected chi connectivity index (χ3v) is 3.14. The number of alkyl halides is 1. The third-order valence-electron chi connectivity index (χ3n) is 2.45. The summed E-state index contributed by atoms with van der Waals surface area (Å²) >= 11 is -0.989. The lowest BCUT2D eigenvalue weighted by Gasteiger charge is -2.07. The molecule has 0 bridgehead atoms. The van der Waals surface area contributed by atoms with Crippen LogP contribution in [-0.4, -0.2) is 17.2 Å². The van der Waals surface area contributed by atoms with E-state index >= 15 is 0 Å². The molecule has 0 saturated carbocycles. The van der Waals surface area contributed by atoms with Crippen LogP contribution in [0.1, 0.15) is 25.3 Å². The highest BCUT2D eigenvalue weighted by atomic mass is 127. The molecule has 1 rings (SSSR count). The average Bonchev–Trinajstić information content (AvgIpc) is 2.44. The maximum Gasteiger partial charge on any atom is 0.407 e. The van der Waals surface area contributed by atoms with E-state index in [2.05, 4.69) is 17.6 Å². The molecule has 1 aromatic rings. The Morgan fingerprint density at radius 3 is 2.68 bits per heavy atom. The number of unbranched alkanes of at least 4 members (excludes halogenated alkanes) is 1. The zero-order valence-corrected chi connectivity index (χ0v) is 13.1. The Kier molecular flexibility index (Phi) is 8.11. The molecule has 19 heavy (non-hydrogen) atoms. The van der Waals surface area contributed by atoms with Gasteiger partial charge in [-0.05, 0) is 24.1 Å². The van der Waals surface area contributed by atoms with Crippen molar-refractivity contribution in [2.45, 2.75) is 26.4 Å². The van der Waals surface area contributed by atoms with Gasteiger partial charge in [0.1, 0.15) is 6.61 Å². The molecule has 0 aliphatic rings. The summed E-state index contributed by atoms with van der Waals surface area (Å²) in [5.41, 5.74) is 1.85. The van der Waals surface area contributed by atoms with Gasteiger partial charge in [-0.2, -0.15) is 0 Å². The number of carbonyl (C=O) groups excluding carboxylic acids is 1. The van der Waals surface area contributed by atoms with Gasteiger partial charge < -0.3 is 15.4 Å². The number of alkyl carbamates (subject to hydrolysis) is 1. The number of benzene rings is 1. The minimum absolute atomic E-state index is 0.257. The van der Waals surface area contributed by atoms with Crippen molar-refractivity contribution >= 4 is 33.0 Å². The summed E-state index contributed by atoms with van der Waals surface area (Å²) < 4.78 is 16.0. The fourth-order valence-corrected chi connectivity index (χ4v) is 1.99. The Morgan fingerprint density at radius 2 is 2.05 bits per heavy atom. The molecule has 0 unspecified atom stereocenters. The van der Waals surface area contributed by atoms with Gasteiger partial charge in [0.2, 0.25) is 0 Å². The molecule has 0 atom stereocenters. The monoisotopic (exact) mass is 378 g/mol. The number of amides is 1. The minimum Gasteiger partial charge on any atom is -0.445 e. The summed E-state index contributed by atoms with van der Waals surface area (Å²) in [7, 11) is 0. The summed E-state index contributed by atoms with van der Waals surface area (Å²) in [4.78, 5) is 11.3. The van der Waals surface area contributed by atoms with E-state index in [1.807, 2.05) is 24.3 Å². The van der Waals surface area contributed by atoms with Crippen molar-refractivity contribution in [3.05, 3.63) is 29.8 Å². The Bertz CT molecular complexity index is 395. The first kappa shape index (κ1) is 15.9. The van der Waals surface area contributed by atoms with Gasteiger partial charge in [0.05, 0.1) is 4.55 Å². The number of ether oxygens (including phenoxy) is 1. The standard InChI is InChI=1S/C13H19IN2O3/c1-2-3-8-15-13(17)19-9-11-4-6-12(7-5-11)16-10-14-18/h4-7,16H,2-3,8-10H2,1H3,(H,15,17). The van der Waals surface area contributed by atoms with Crippen LogP contribution < -0.4 is 10.6 Å². The second-order valence-electron chi connectivity index (χ2n) is 3.97. The smallest absolute Gasteiger partial charge is 0.407 e. The second kappa shape index (κ2) is 9.71. The van der Waals surface area contributed by atoms with Crippen LogP contribution in [0, 0.1) is 0 Å². The van der Waals surface area contributed by atoms with Gasteiger partial charge in [0, 0.05) is 12.2 Å². The highest BCUT2D eigenvalue weighted by Crippen LogP contribution is 2.11. The van der Waals surface area contributed by atoms with Gasteiger partial charge in [-0.15, -0.1) is 0 Å². The van der Waals surface area contributed by atoms with E-state index in [1.54, 1.807) is 0 Å². The number of halogens is 1. The van der Waals surface area contributed by atoms with E-state index in [9.17, 15) is 7.86 Å². The number of hydrogen-bond donors (Lipinski definition) is 2. The zero-order valence-electron chi connectivity index (χ0n) is 10.9. The van der Waals surface area contributed by atoms with Crippen LogP contribution in [0.25, 0.3) is 0 Å². The third kappa shape index (κ3) is 7.09. The van der Waals surface area contributed by atoms with Gasteiger partial charge in [-0.3, -0.25) is 3.07 Å². The van der Waals surface area contributed by atoms with E-state index in [1.165, 1.54) is 0 Å². The molecular weight excluding hydrogens is 359 g/mol. The first-order valence-electron chi connectivity index (χ1n) is 6.21. The fraction of sp³-hybridized carbons (Fsp3) is 0.462. The van der Waals surface area contributed by atoms with E-state index in [0.717, 1.165) is 24.1 Å². The van der Waals surface area contributed by atoms with Gasteiger partial charge in [0.25, 0.3) is 0 Å². The van der Waals surface area contributed by atoms with Gasteiger partial charge in [0.15, 0.2) is 21.2 Å². The van der Waals surface area contributed by atoms with Crippen LogP contribution in [0.3, 0.4) is 0 Å². The van der Waals surface area contributed by atoms with Crippen molar-refractivity contribution in [3.63, 3.8) is 0 Å². The van der Waals surface area contributed by atoms with Crippen LogP contribution >= 0.6 is 21.2 Å². The Hall–Kier alpha value is -1.18. The summed E-state index contributed by atoms with van der Waals surface area (Å²) in [6.07, 6.45) is 1.62. The van der Waals surface area contributed by atoms with Crippen molar-refractivity contribution in [2.24, 2.45) is 0 Å². The molecule has 0 heterocycles. The van der Waals surface area contributed by atoms with Crippen LogP contribution in [-0.2, 0) is 14.4 Å². The molecule has 106 valence electrons. The summed E-state index contributed by atoms with van der Waals surface area (Å²) in [5, 5.41) is 5.73. The molecule has 0 aromatic heterocycles. The molecule has 1 amide bonds. The number of nitrogens with one attached hydrogen (secondary N) is 2. The van der Waals surface area contributed by atoms with Crippen LogP contribution in [0.2, 0.25) is 0 Å². The van der Waals surface area contributed by atoms with Crippen LogP contribution in [0.5, 0.6) is 0 Å². The number of hydrogen-bond acceptors (Lipinski definition) is 4.